The fourth-order valence-corrected chi connectivity index (χ4v) is 2.14. The summed E-state index contributed by atoms with van der Waals surface area (Å²) < 4.78 is 11.4. The van der Waals surface area contributed by atoms with Crippen molar-refractivity contribution >= 4 is 5.69 Å². The van der Waals surface area contributed by atoms with E-state index in [1.165, 1.54) is 19.3 Å². The van der Waals surface area contributed by atoms with E-state index in [9.17, 15) is 0 Å². The Morgan fingerprint density at radius 1 is 1.22 bits per heavy atom. The molecule has 3 nitrogen and oxygen atoms in total. The number of anilines is 1. The van der Waals surface area contributed by atoms with Gasteiger partial charge >= 0.3 is 0 Å². The normalized spacial score (nSPS) is 15.5. The molecular weight excluding hydrogens is 226 g/mol. The summed E-state index contributed by atoms with van der Waals surface area (Å²) in [7, 11) is 0. The van der Waals surface area contributed by atoms with Crippen LogP contribution in [0.15, 0.2) is 18.2 Å². The maximum atomic E-state index is 5.84. The summed E-state index contributed by atoms with van der Waals surface area (Å²) >= 11 is 0. The highest BCUT2D eigenvalue weighted by Crippen LogP contribution is 2.30. The lowest BCUT2D eigenvalue weighted by atomic mass is 9.83. The lowest BCUT2D eigenvalue weighted by Gasteiger charge is -2.25. The molecular formula is C15H23NO2. The summed E-state index contributed by atoms with van der Waals surface area (Å²) in [5.74, 6) is 2.46. The van der Waals surface area contributed by atoms with Crippen LogP contribution in [0.5, 0.6) is 11.5 Å². The highest BCUT2D eigenvalue weighted by Gasteiger charge is 2.16. The molecule has 1 fully saturated rings. The Balaban J connectivity index is 1.87. The number of nitrogens with two attached hydrogens (primary N) is 1. The molecule has 1 aliphatic rings. The number of hydrogen-bond acceptors (Lipinski definition) is 3. The Morgan fingerprint density at radius 3 is 2.56 bits per heavy atom. The van der Waals surface area contributed by atoms with Crippen molar-refractivity contribution in [2.45, 2.75) is 45.6 Å². The highest BCUT2D eigenvalue weighted by molar-refractivity contribution is 5.50. The molecule has 0 radical (unpaired) electrons. The van der Waals surface area contributed by atoms with Crippen LogP contribution in [0.2, 0.25) is 0 Å². The third kappa shape index (κ3) is 3.83. The molecule has 100 valence electrons. The van der Waals surface area contributed by atoms with Crippen LogP contribution in [-0.4, -0.2) is 12.7 Å². The van der Waals surface area contributed by atoms with E-state index < -0.39 is 0 Å². The van der Waals surface area contributed by atoms with Gasteiger partial charge in [-0.3, -0.25) is 0 Å². The fourth-order valence-electron chi connectivity index (χ4n) is 2.14. The zero-order valence-corrected chi connectivity index (χ0v) is 11.3. The average Bonchev–Trinajstić information content (AvgIpc) is 2.19. The first-order valence-electron chi connectivity index (χ1n) is 6.83. The van der Waals surface area contributed by atoms with Crippen LogP contribution in [0.4, 0.5) is 5.69 Å². The van der Waals surface area contributed by atoms with Gasteiger partial charge in [0.2, 0.25) is 0 Å². The van der Waals surface area contributed by atoms with Gasteiger partial charge in [-0.2, -0.15) is 0 Å². The van der Waals surface area contributed by atoms with E-state index in [2.05, 4.69) is 0 Å². The molecule has 0 aromatic heterocycles. The van der Waals surface area contributed by atoms with E-state index in [1.807, 2.05) is 32.0 Å². The third-order valence-electron chi connectivity index (χ3n) is 3.29. The van der Waals surface area contributed by atoms with Gasteiger partial charge in [0, 0.05) is 23.9 Å². The quantitative estimate of drug-likeness (QED) is 0.783. The zero-order chi connectivity index (χ0) is 13.0. The van der Waals surface area contributed by atoms with Crippen molar-refractivity contribution in [3.05, 3.63) is 18.2 Å². The second-order valence-corrected chi connectivity index (χ2v) is 5.34. The van der Waals surface area contributed by atoms with Crippen LogP contribution in [0, 0.1) is 5.92 Å². The van der Waals surface area contributed by atoms with Crippen molar-refractivity contribution in [2.24, 2.45) is 5.92 Å². The molecule has 1 aliphatic carbocycles. The summed E-state index contributed by atoms with van der Waals surface area (Å²) in [4.78, 5) is 0. The van der Waals surface area contributed by atoms with Gasteiger partial charge in [-0.15, -0.1) is 0 Å². The van der Waals surface area contributed by atoms with Gasteiger partial charge in [0.25, 0.3) is 0 Å². The topological polar surface area (TPSA) is 44.5 Å². The average molecular weight is 249 g/mol. The molecule has 2 N–H and O–H groups in total. The van der Waals surface area contributed by atoms with Crippen LogP contribution < -0.4 is 15.2 Å². The molecule has 0 saturated heterocycles. The Labute approximate surface area is 109 Å². The van der Waals surface area contributed by atoms with Gasteiger partial charge in [-0.25, -0.2) is 0 Å². The Bertz CT molecular complexity index is 386. The molecule has 0 amide bonds. The van der Waals surface area contributed by atoms with Gasteiger partial charge < -0.3 is 15.2 Å². The molecule has 3 heteroatoms. The molecule has 0 unspecified atom stereocenters. The summed E-state index contributed by atoms with van der Waals surface area (Å²) in [5.41, 5.74) is 6.53. The van der Waals surface area contributed by atoms with Crippen molar-refractivity contribution in [3.63, 3.8) is 0 Å². The van der Waals surface area contributed by atoms with E-state index in [0.29, 0.717) is 5.69 Å². The monoisotopic (exact) mass is 249 g/mol. The maximum Gasteiger partial charge on any atom is 0.125 e. The number of hydrogen-bond donors (Lipinski definition) is 1. The van der Waals surface area contributed by atoms with Crippen LogP contribution in [0.3, 0.4) is 0 Å². The number of benzene rings is 1. The van der Waals surface area contributed by atoms with Crippen molar-refractivity contribution in [3.8, 4) is 11.5 Å². The van der Waals surface area contributed by atoms with Crippen molar-refractivity contribution < 1.29 is 9.47 Å². The van der Waals surface area contributed by atoms with E-state index in [4.69, 9.17) is 15.2 Å². The van der Waals surface area contributed by atoms with Crippen molar-refractivity contribution in [2.75, 3.05) is 12.3 Å². The predicted molar refractivity (Wildman–Crippen MR) is 74.1 cm³/mol. The Kier molecular flexibility index (Phi) is 4.34. The molecule has 18 heavy (non-hydrogen) atoms. The number of ether oxygens (including phenoxy) is 2. The van der Waals surface area contributed by atoms with E-state index >= 15 is 0 Å². The van der Waals surface area contributed by atoms with Gasteiger partial charge in [0.1, 0.15) is 11.5 Å². The minimum Gasteiger partial charge on any atom is -0.493 e. The van der Waals surface area contributed by atoms with E-state index in [0.717, 1.165) is 30.4 Å². The lowest BCUT2D eigenvalue weighted by molar-refractivity contribution is 0.218. The minimum absolute atomic E-state index is 0.148. The molecule has 0 aliphatic heterocycles. The van der Waals surface area contributed by atoms with Gasteiger partial charge in [-0.1, -0.05) is 19.3 Å². The van der Waals surface area contributed by atoms with Crippen LogP contribution in [0.1, 0.15) is 39.5 Å². The molecule has 0 atom stereocenters. The Hall–Kier alpha value is -1.38. The van der Waals surface area contributed by atoms with Crippen LogP contribution in [0.25, 0.3) is 0 Å². The summed E-state index contributed by atoms with van der Waals surface area (Å²) in [5, 5.41) is 0. The summed E-state index contributed by atoms with van der Waals surface area (Å²) in [6.07, 6.45) is 5.41. The first-order chi connectivity index (χ1) is 8.63. The fraction of sp³-hybridized carbons (Fsp3) is 0.600. The summed E-state index contributed by atoms with van der Waals surface area (Å²) in [6, 6.07) is 5.60. The second-order valence-electron chi connectivity index (χ2n) is 5.34. The highest BCUT2D eigenvalue weighted by atomic mass is 16.5. The number of nitrogen functional groups attached to an aromatic ring is 1. The van der Waals surface area contributed by atoms with Crippen molar-refractivity contribution in [1.82, 2.24) is 0 Å². The third-order valence-corrected chi connectivity index (χ3v) is 3.29. The van der Waals surface area contributed by atoms with E-state index in [-0.39, 0.29) is 6.10 Å². The first-order valence-corrected chi connectivity index (χ1v) is 6.83. The van der Waals surface area contributed by atoms with Crippen molar-refractivity contribution in [1.29, 1.82) is 0 Å². The molecule has 0 bridgehead atoms. The van der Waals surface area contributed by atoms with Crippen LogP contribution in [-0.2, 0) is 0 Å². The second kappa shape index (κ2) is 5.98. The van der Waals surface area contributed by atoms with Gasteiger partial charge in [0.15, 0.2) is 0 Å². The molecule has 1 saturated carbocycles. The minimum atomic E-state index is 0.148. The Morgan fingerprint density at radius 2 is 1.94 bits per heavy atom. The standard InChI is InChI=1S/C15H23NO2/c1-11(2)18-15-9-13(16)8-14(10-15)17-7-6-12-4-3-5-12/h8-12H,3-7,16H2,1-2H3. The largest absolute Gasteiger partial charge is 0.493 e. The number of rotatable bonds is 6. The SMILES string of the molecule is CC(C)Oc1cc(N)cc(OCCC2CCC2)c1. The van der Waals surface area contributed by atoms with Crippen LogP contribution >= 0.6 is 0 Å². The smallest absolute Gasteiger partial charge is 0.125 e. The molecule has 2 rings (SSSR count). The lowest BCUT2D eigenvalue weighted by Crippen LogP contribution is -2.14. The molecule has 0 spiro atoms. The zero-order valence-electron chi connectivity index (χ0n) is 11.3. The van der Waals surface area contributed by atoms with Gasteiger partial charge in [-0.05, 0) is 26.2 Å². The predicted octanol–water partition coefficient (Wildman–Crippen LogP) is 3.63. The maximum absolute atomic E-state index is 5.84. The van der Waals surface area contributed by atoms with E-state index in [1.54, 1.807) is 0 Å². The van der Waals surface area contributed by atoms with Gasteiger partial charge in [0.05, 0.1) is 12.7 Å². The first kappa shape index (κ1) is 13.1. The molecule has 1 aromatic rings. The molecule has 1 aromatic carbocycles. The molecule has 0 heterocycles. The summed E-state index contributed by atoms with van der Waals surface area (Å²) in [6.45, 7) is 4.77.